The van der Waals surface area contributed by atoms with Gasteiger partial charge in [0, 0.05) is 22.3 Å². The highest BCUT2D eigenvalue weighted by atomic mass is 16.5. The number of nitrogens with zero attached hydrogens (tertiary/aromatic N) is 3. The van der Waals surface area contributed by atoms with Gasteiger partial charge in [-0.05, 0) is 84.9 Å². The number of rotatable bonds is 5. The summed E-state index contributed by atoms with van der Waals surface area (Å²) in [6, 6.07) is 59.9. The molecule has 11 rings (SSSR count). The van der Waals surface area contributed by atoms with Crippen LogP contribution in [-0.2, 0) is 0 Å². The Hall–Kier alpha value is -7.17. The van der Waals surface area contributed by atoms with Crippen LogP contribution in [0.1, 0.15) is 17.0 Å². The Morgan fingerprint density at radius 2 is 1.02 bits per heavy atom. The van der Waals surface area contributed by atoms with Crippen LogP contribution in [0.3, 0.4) is 0 Å². The number of ether oxygens (including phenoxy) is 1. The summed E-state index contributed by atoms with van der Waals surface area (Å²) in [5.41, 5.74) is 8.75. The maximum absolute atomic E-state index is 6.45. The lowest BCUT2D eigenvalue weighted by Crippen LogP contribution is -2.19. The molecule has 4 nitrogen and oxygen atoms in total. The molecular formula is C51H33N3O. The molecule has 2 heterocycles. The fourth-order valence-electron chi connectivity index (χ4n) is 8.41. The van der Waals surface area contributed by atoms with Crippen LogP contribution >= 0.6 is 0 Å². The zero-order valence-corrected chi connectivity index (χ0v) is 29.8. The number of fused-ring (bicyclic) bond motifs is 6. The number of allylic oxidation sites excluding steroid dienone is 2. The van der Waals surface area contributed by atoms with Gasteiger partial charge in [-0.25, -0.2) is 15.0 Å². The van der Waals surface area contributed by atoms with E-state index in [1.807, 2.05) is 6.07 Å². The molecule has 1 aromatic heterocycles. The van der Waals surface area contributed by atoms with Gasteiger partial charge in [0.15, 0.2) is 17.5 Å². The zero-order valence-electron chi connectivity index (χ0n) is 29.8. The highest BCUT2D eigenvalue weighted by Crippen LogP contribution is 2.49. The Morgan fingerprint density at radius 3 is 1.85 bits per heavy atom. The van der Waals surface area contributed by atoms with Crippen LogP contribution in [0.25, 0.3) is 83.2 Å². The van der Waals surface area contributed by atoms with Crippen molar-refractivity contribution in [3.05, 3.63) is 199 Å². The van der Waals surface area contributed by atoms with Gasteiger partial charge in [-0.1, -0.05) is 158 Å². The quantitative estimate of drug-likeness (QED) is 0.179. The molecule has 8 aromatic carbocycles. The van der Waals surface area contributed by atoms with Crippen LogP contribution in [-0.4, -0.2) is 21.1 Å². The molecule has 9 aromatic rings. The van der Waals surface area contributed by atoms with Gasteiger partial charge < -0.3 is 4.74 Å². The lowest BCUT2D eigenvalue weighted by molar-refractivity contribution is 0.271. The summed E-state index contributed by atoms with van der Waals surface area (Å²) in [6.07, 6.45) is 6.49. The zero-order chi connectivity index (χ0) is 36.3. The summed E-state index contributed by atoms with van der Waals surface area (Å²) < 4.78 is 6.45. The van der Waals surface area contributed by atoms with Gasteiger partial charge in [0.1, 0.15) is 11.9 Å². The van der Waals surface area contributed by atoms with Gasteiger partial charge >= 0.3 is 0 Å². The number of para-hydroxylation sites is 1. The van der Waals surface area contributed by atoms with Crippen molar-refractivity contribution in [2.75, 3.05) is 0 Å². The first-order valence-corrected chi connectivity index (χ1v) is 18.7. The second-order valence-electron chi connectivity index (χ2n) is 14.3. The number of benzene rings is 8. The fourth-order valence-corrected chi connectivity index (χ4v) is 8.41. The van der Waals surface area contributed by atoms with E-state index >= 15 is 0 Å². The standard InChI is InChI=1S/C51H33N3O/c1-2-13-36-29-38(28-23-32(36)11-1)50-52-49(35-26-24-34(25-27-35)41-19-9-15-33-12-3-5-16-40(33)41)53-51(54-50)39-30-37-14-4-6-17-42(37)45(31-39)43-20-10-22-47-48(43)44-18-7-8-21-46(44)55-47/h1-31,47-48H. The van der Waals surface area contributed by atoms with E-state index in [0.29, 0.717) is 17.5 Å². The second kappa shape index (κ2) is 12.8. The van der Waals surface area contributed by atoms with Crippen molar-refractivity contribution in [2.24, 2.45) is 0 Å². The van der Waals surface area contributed by atoms with E-state index in [4.69, 9.17) is 19.7 Å². The minimum atomic E-state index is -0.0556. The van der Waals surface area contributed by atoms with Gasteiger partial charge in [0.05, 0.1) is 5.92 Å². The van der Waals surface area contributed by atoms with Gasteiger partial charge in [-0.2, -0.15) is 0 Å². The molecule has 0 saturated carbocycles. The molecule has 2 aliphatic rings. The van der Waals surface area contributed by atoms with Gasteiger partial charge in [0.25, 0.3) is 0 Å². The molecule has 0 saturated heterocycles. The monoisotopic (exact) mass is 703 g/mol. The van der Waals surface area contributed by atoms with E-state index in [0.717, 1.165) is 44.3 Å². The van der Waals surface area contributed by atoms with Crippen LogP contribution in [0.2, 0.25) is 0 Å². The van der Waals surface area contributed by atoms with Crippen molar-refractivity contribution < 1.29 is 4.74 Å². The van der Waals surface area contributed by atoms with E-state index < -0.39 is 0 Å². The molecule has 55 heavy (non-hydrogen) atoms. The third-order valence-electron chi connectivity index (χ3n) is 11.1. The predicted octanol–water partition coefficient (Wildman–Crippen LogP) is 12.5. The molecule has 0 bridgehead atoms. The highest BCUT2D eigenvalue weighted by molar-refractivity contribution is 6.00. The third kappa shape index (κ3) is 5.42. The Labute approximate surface area is 318 Å². The first-order valence-electron chi connectivity index (χ1n) is 18.7. The van der Waals surface area contributed by atoms with E-state index in [1.54, 1.807) is 0 Å². The minimum absolute atomic E-state index is 0.0556. The fraction of sp³-hybridized carbons (Fsp3) is 0.0392. The van der Waals surface area contributed by atoms with Crippen LogP contribution in [0.5, 0.6) is 5.75 Å². The molecular weight excluding hydrogens is 671 g/mol. The normalized spacial score (nSPS) is 15.8. The first-order chi connectivity index (χ1) is 27.2. The van der Waals surface area contributed by atoms with E-state index in [-0.39, 0.29) is 12.0 Å². The van der Waals surface area contributed by atoms with Crippen molar-refractivity contribution in [1.29, 1.82) is 0 Å². The second-order valence-corrected chi connectivity index (χ2v) is 14.3. The molecule has 0 spiro atoms. The van der Waals surface area contributed by atoms with E-state index in [2.05, 4.69) is 182 Å². The maximum Gasteiger partial charge on any atom is 0.164 e. The number of hydrogen-bond acceptors (Lipinski definition) is 4. The largest absolute Gasteiger partial charge is 0.485 e. The molecule has 2 atom stereocenters. The van der Waals surface area contributed by atoms with Gasteiger partial charge in [-0.3, -0.25) is 0 Å². The average Bonchev–Trinajstić information content (AvgIpc) is 3.65. The van der Waals surface area contributed by atoms with Gasteiger partial charge in [0.2, 0.25) is 0 Å². The summed E-state index contributed by atoms with van der Waals surface area (Å²) in [5, 5.41) is 7.08. The van der Waals surface area contributed by atoms with Crippen LogP contribution < -0.4 is 4.74 Å². The molecule has 258 valence electrons. The van der Waals surface area contributed by atoms with Crippen molar-refractivity contribution >= 4 is 37.9 Å². The summed E-state index contributed by atoms with van der Waals surface area (Å²) >= 11 is 0. The molecule has 4 heteroatoms. The average molecular weight is 704 g/mol. The molecule has 0 radical (unpaired) electrons. The molecule has 1 aliphatic heterocycles. The Kier molecular flexibility index (Phi) is 7.27. The van der Waals surface area contributed by atoms with Gasteiger partial charge in [-0.15, -0.1) is 0 Å². The van der Waals surface area contributed by atoms with Crippen molar-refractivity contribution in [2.45, 2.75) is 12.0 Å². The lowest BCUT2D eigenvalue weighted by Gasteiger charge is -2.24. The molecule has 0 fully saturated rings. The molecule has 0 N–H and O–H groups in total. The Morgan fingerprint density at radius 1 is 0.418 bits per heavy atom. The third-order valence-corrected chi connectivity index (χ3v) is 11.1. The topological polar surface area (TPSA) is 47.9 Å². The van der Waals surface area contributed by atoms with E-state index in [9.17, 15) is 0 Å². The summed E-state index contributed by atoms with van der Waals surface area (Å²) in [5.74, 6) is 2.93. The van der Waals surface area contributed by atoms with Crippen LogP contribution in [0, 0.1) is 0 Å². The van der Waals surface area contributed by atoms with Crippen LogP contribution in [0.15, 0.2) is 188 Å². The van der Waals surface area contributed by atoms with E-state index in [1.165, 1.54) is 38.2 Å². The summed E-state index contributed by atoms with van der Waals surface area (Å²) in [4.78, 5) is 15.6. The summed E-state index contributed by atoms with van der Waals surface area (Å²) in [7, 11) is 0. The SMILES string of the molecule is C1=CC2Oc3ccccc3C2C(c2cc(-c3nc(-c4ccc(-c5cccc6ccccc56)cc4)nc(-c4ccc5ccccc5c4)n3)cc3ccccc23)=C1. The highest BCUT2D eigenvalue weighted by Gasteiger charge is 2.37. The molecule has 2 unspecified atom stereocenters. The number of aromatic nitrogens is 3. The van der Waals surface area contributed by atoms with Crippen molar-refractivity contribution in [3.8, 4) is 51.0 Å². The van der Waals surface area contributed by atoms with Crippen LogP contribution in [0.4, 0.5) is 0 Å². The molecule has 1 aliphatic carbocycles. The Bertz CT molecular complexity index is 3030. The van der Waals surface area contributed by atoms with Crippen molar-refractivity contribution in [3.63, 3.8) is 0 Å². The Balaban J connectivity index is 1.08. The predicted molar refractivity (Wildman–Crippen MR) is 225 cm³/mol. The smallest absolute Gasteiger partial charge is 0.164 e. The van der Waals surface area contributed by atoms with Crippen molar-refractivity contribution in [1.82, 2.24) is 15.0 Å². The minimum Gasteiger partial charge on any atom is -0.485 e. The summed E-state index contributed by atoms with van der Waals surface area (Å²) in [6.45, 7) is 0. The maximum atomic E-state index is 6.45. The first kappa shape index (κ1) is 31.4. The molecule has 0 amide bonds. The lowest BCUT2D eigenvalue weighted by atomic mass is 9.79. The number of hydrogen-bond donors (Lipinski definition) is 0.